The van der Waals surface area contributed by atoms with Crippen LogP contribution in [0.2, 0.25) is 0 Å². The minimum Gasteiger partial charge on any atom is -0.443 e. The first-order chi connectivity index (χ1) is 70.0. The molecule has 18 saturated carbocycles. The second kappa shape index (κ2) is 57.7. The summed E-state index contributed by atoms with van der Waals surface area (Å²) in [6, 6.07) is 15.1. The van der Waals surface area contributed by atoms with E-state index in [1.807, 2.05) is 58.0 Å². The zero-order chi connectivity index (χ0) is 103. The number of benzene rings is 1. The fraction of sp³-hybridized carbons (Fsp3) is 0.906. The lowest BCUT2D eigenvalue weighted by Crippen LogP contribution is -2.59. The molecule has 4 bridgehead atoms. The molecule has 0 unspecified atom stereocenters. The van der Waals surface area contributed by atoms with Crippen molar-refractivity contribution < 1.29 is 57.2 Å². The summed E-state index contributed by atoms with van der Waals surface area (Å²) < 4.78 is 37.0. The van der Waals surface area contributed by atoms with Gasteiger partial charge in [0.25, 0.3) is 0 Å². The largest absolute Gasteiger partial charge is 0.443 e. The smallest absolute Gasteiger partial charge is 0.411 e. The molecule has 18 nitrogen and oxygen atoms in total. The van der Waals surface area contributed by atoms with Crippen LogP contribution in [0.15, 0.2) is 30.3 Å². The quantitative estimate of drug-likeness (QED) is 0.0803. The summed E-state index contributed by atoms with van der Waals surface area (Å²) in [5.41, 5.74) is -0.717. The van der Waals surface area contributed by atoms with Gasteiger partial charge in [-0.25, -0.2) is 28.8 Å². The lowest BCUT2D eigenvalue weighted by Gasteiger charge is -2.61. The van der Waals surface area contributed by atoms with Gasteiger partial charge in [0.1, 0.15) is 33.6 Å². The molecule has 0 aromatic heterocycles. The van der Waals surface area contributed by atoms with Crippen LogP contribution in [0, 0.1) is 29.1 Å². The van der Waals surface area contributed by atoms with E-state index in [0.29, 0.717) is 78.4 Å². The Morgan fingerprint density at radius 2 is 0.503 bits per heavy atom. The molecule has 145 heavy (non-hydrogen) atoms. The van der Waals surface area contributed by atoms with Gasteiger partial charge in [0, 0.05) is 77.9 Å². The van der Waals surface area contributed by atoms with E-state index in [2.05, 4.69) is 91.7 Å². The van der Waals surface area contributed by atoms with Crippen molar-refractivity contribution in [3.63, 3.8) is 0 Å². The number of nitrogens with zero attached hydrogens (tertiary/aromatic N) is 6. The summed E-state index contributed by atoms with van der Waals surface area (Å²) in [5.74, 6) is 3.23. The molecule has 18 heteroatoms. The van der Waals surface area contributed by atoms with Gasteiger partial charge < -0.3 is 57.8 Å². The van der Waals surface area contributed by atoms with Crippen molar-refractivity contribution in [2.45, 2.75) is 703 Å². The van der Waals surface area contributed by atoms with Crippen LogP contribution in [-0.4, -0.2) is 166 Å². The van der Waals surface area contributed by atoms with Crippen molar-refractivity contribution in [3.05, 3.63) is 35.9 Å². The summed E-state index contributed by atoms with van der Waals surface area (Å²) in [6.45, 7) is 27.5. The standard InChI is InChI=1S/C26H43NO2.C22H33NO2.C21H37NO2.C20H35NO2.C20H37NO2.C18H33NO2/c1-25(2,26-16-19-13-20(17-26)15-21(14-19)18-26)29-24(28)27(22-9-5-3-6-10-22)23-11-7-4-8-12-23;1-22(2,18-12-6-3-7-13-18)25-21(24)23(19-14-8-4-9-15-19)20-16-10-5-11-17-20;1-21(2,17-11-9-10-12-17)24-20(23)22(18-13-5-3-6-14-18)19-15-7-4-8-16-19;1-2-20(15-9-10-16-20)23-19(22)21(17-11-5-3-6-12-17)18-13-7-4-8-14-18;1-4-20(5-2,6-3)23-19(22)21(17-13-9-7-10-14-17)18-15-11-8-12-16-18;1-4-18(2,3)21-17(20)19(15-11-7-5-8-12-15)16-13-9-6-10-14-16/h19-23H,3-18H2,1-2H3;3,6-7,12-13,19-20H,4-5,8-11,14-17H2,1-2H3;17-19H,3-16H2,1-2H3;17-18H,2-16H2,1H3;17-18H,4-16H2,1-3H3;15-16H,4-14H2,1-3H3. The van der Waals surface area contributed by atoms with Gasteiger partial charge in [-0.05, 0) is 348 Å². The molecule has 18 fully saturated rings. The lowest BCUT2D eigenvalue weighted by atomic mass is 9.46. The van der Waals surface area contributed by atoms with Crippen molar-refractivity contribution in [2.24, 2.45) is 29.1 Å². The van der Waals surface area contributed by atoms with Crippen LogP contribution in [0.25, 0.3) is 0 Å². The van der Waals surface area contributed by atoms with E-state index in [0.717, 1.165) is 120 Å². The van der Waals surface area contributed by atoms with Crippen molar-refractivity contribution in [1.82, 2.24) is 29.4 Å². The summed E-state index contributed by atoms with van der Waals surface area (Å²) >= 11 is 0. The summed E-state index contributed by atoms with van der Waals surface area (Å²) in [4.78, 5) is 92.5. The highest BCUT2D eigenvalue weighted by Gasteiger charge is 2.60. The third-order valence-corrected chi connectivity index (χ3v) is 41.0. The first-order valence-electron chi connectivity index (χ1n) is 63.2. The van der Waals surface area contributed by atoms with Crippen LogP contribution in [0.4, 0.5) is 28.8 Å². The van der Waals surface area contributed by atoms with Gasteiger partial charge in [-0.3, -0.25) is 0 Å². The Labute approximate surface area is 886 Å². The van der Waals surface area contributed by atoms with E-state index in [4.69, 9.17) is 28.4 Å². The Morgan fingerprint density at radius 1 is 0.269 bits per heavy atom. The molecule has 18 aliphatic rings. The predicted molar refractivity (Wildman–Crippen MR) is 592 cm³/mol. The van der Waals surface area contributed by atoms with Gasteiger partial charge in [0.15, 0.2) is 0 Å². The number of amides is 6. The Kier molecular flexibility index (Phi) is 46.5. The third kappa shape index (κ3) is 33.2. The zero-order valence-corrected chi connectivity index (χ0v) is 95.6. The lowest BCUT2D eigenvalue weighted by molar-refractivity contribution is -0.169. The minimum absolute atomic E-state index is 0.00861. The molecule has 0 radical (unpaired) electrons. The third-order valence-electron chi connectivity index (χ3n) is 41.0. The first-order valence-corrected chi connectivity index (χ1v) is 63.2. The summed E-state index contributed by atoms with van der Waals surface area (Å²) in [6.07, 6.45) is 96.6. The molecule has 6 amide bonds. The Morgan fingerprint density at radius 3 is 0.759 bits per heavy atom. The summed E-state index contributed by atoms with van der Waals surface area (Å²) in [7, 11) is 0. The second-order valence-corrected chi connectivity index (χ2v) is 52.4. The molecule has 1 aromatic rings. The van der Waals surface area contributed by atoms with Crippen LogP contribution in [0.1, 0.15) is 603 Å². The first kappa shape index (κ1) is 117. The van der Waals surface area contributed by atoms with Crippen molar-refractivity contribution in [3.8, 4) is 0 Å². The number of hydrogen-bond acceptors (Lipinski definition) is 12. The Bertz CT molecular complexity index is 3660. The normalized spacial score (nSPS) is 26.0. The average molecular weight is 2020 g/mol. The molecule has 0 saturated heterocycles. The highest BCUT2D eigenvalue weighted by molar-refractivity contribution is 5.72. The highest BCUT2D eigenvalue weighted by atomic mass is 16.6. The fourth-order valence-electron chi connectivity index (χ4n) is 31.6. The van der Waals surface area contributed by atoms with Gasteiger partial charge in [-0.2, -0.15) is 0 Å². The molecule has 19 rings (SSSR count). The molecule has 828 valence electrons. The maximum Gasteiger partial charge on any atom is 0.411 e. The molecule has 0 N–H and O–H groups in total. The zero-order valence-electron chi connectivity index (χ0n) is 95.6. The van der Waals surface area contributed by atoms with Gasteiger partial charge in [-0.15, -0.1) is 0 Å². The number of carbonyl (C=O) groups excluding carboxylic acids is 6. The maximum absolute atomic E-state index is 13.8. The molecule has 0 aliphatic heterocycles. The molecule has 0 heterocycles. The van der Waals surface area contributed by atoms with Gasteiger partial charge in [0.05, 0.1) is 0 Å². The van der Waals surface area contributed by atoms with Gasteiger partial charge in [-0.1, -0.05) is 309 Å². The molecular weight excluding hydrogens is 1800 g/mol. The summed E-state index contributed by atoms with van der Waals surface area (Å²) in [5, 5.41) is 0. The van der Waals surface area contributed by atoms with Gasteiger partial charge >= 0.3 is 36.6 Å². The minimum atomic E-state index is -0.597. The van der Waals surface area contributed by atoms with Crippen molar-refractivity contribution in [1.29, 1.82) is 0 Å². The predicted octanol–water partition coefficient (Wildman–Crippen LogP) is 36.3. The number of carbonyl (C=O) groups is 6. The fourth-order valence-corrected chi connectivity index (χ4v) is 31.6. The van der Waals surface area contributed by atoms with Crippen LogP contribution in [-0.2, 0) is 34.0 Å². The highest BCUT2D eigenvalue weighted by Crippen LogP contribution is 2.65. The van der Waals surface area contributed by atoms with E-state index < -0.39 is 5.60 Å². The van der Waals surface area contributed by atoms with Crippen LogP contribution >= 0.6 is 0 Å². The number of ether oxygens (including phenoxy) is 6. The van der Waals surface area contributed by atoms with E-state index >= 15 is 0 Å². The van der Waals surface area contributed by atoms with E-state index in [1.165, 1.54) is 411 Å². The maximum atomic E-state index is 13.8. The van der Waals surface area contributed by atoms with Crippen LogP contribution < -0.4 is 0 Å². The second-order valence-electron chi connectivity index (χ2n) is 52.4. The Balaban J connectivity index is 0.000000146. The van der Waals surface area contributed by atoms with Crippen molar-refractivity contribution in [2.75, 3.05) is 0 Å². The Hall–Kier alpha value is -5.16. The number of rotatable bonds is 26. The average Bonchev–Trinajstić information content (AvgIpc) is 0.912. The van der Waals surface area contributed by atoms with Gasteiger partial charge in [0.2, 0.25) is 0 Å². The van der Waals surface area contributed by atoms with E-state index in [9.17, 15) is 28.8 Å². The van der Waals surface area contributed by atoms with Crippen LogP contribution in [0.3, 0.4) is 0 Å². The number of hydrogen-bond donors (Lipinski definition) is 0. The molecule has 1 aromatic carbocycles. The van der Waals surface area contributed by atoms with Crippen molar-refractivity contribution >= 4 is 36.6 Å². The molecule has 0 atom stereocenters. The monoisotopic (exact) mass is 2020 g/mol. The molecule has 0 spiro atoms. The van der Waals surface area contributed by atoms with Crippen LogP contribution in [0.5, 0.6) is 0 Å². The van der Waals surface area contributed by atoms with E-state index in [1.54, 1.807) is 0 Å². The SMILES string of the molecule is CC(C)(OC(=O)N(C1CCCCC1)C1CCCCC1)C12CC3CC(CC(C3)C1)C2.CC(C)(OC(=O)N(C1CCCCC1)C1CCCCC1)C1CCCC1.CC(C)(OC(=O)N(C1CCCCC1)C1CCCCC1)c1ccccc1.CCC(C)(C)OC(=O)N(C1CCCCC1)C1CCCCC1.CCC(CC)(CC)OC(=O)N(C1CCCCC1)C1CCCCC1.CCC1(OC(=O)N(C2CCCCC2)C2CCCCC2)CCCC1. The molecule has 18 aliphatic carbocycles. The molecular formula is C127H218N6O12. The topological polar surface area (TPSA) is 177 Å². The van der Waals surface area contributed by atoms with E-state index in [-0.39, 0.29) is 70.0 Å².